The molecule has 0 atom stereocenters. The quantitative estimate of drug-likeness (QED) is 0.169. The molecule has 0 amide bonds. The van der Waals surface area contributed by atoms with Crippen LogP contribution in [0.3, 0.4) is 0 Å². The first kappa shape index (κ1) is 35.3. The van der Waals surface area contributed by atoms with Crippen LogP contribution >= 0.6 is 0 Å². The molecule has 0 aliphatic rings. The molecule has 0 spiro atoms. The van der Waals surface area contributed by atoms with Crippen molar-refractivity contribution in [3.63, 3.8) is 0 Å². The maximum absolute atomic E-state index is 15.0. The van der Waals surface area contributed by atoms with Crippen LogP contribution in [-0.4, -0.2) is 24.1 Å². The zero-order valence-electron chi connectivity index (χ0n) is 31.8. The Bertz CT molecular complexity index is 3310. The lowest BCUT2D eigenvalue weighted by atomic mass is 9.94. The minimum atomic E-state index is -4.63. The topological polar surface area (TPSA) is 48.5 Å². The van der Waals surface area contributed by atoms with Gasteiger partial charge >= 0.3 is 6.18 Å². The summed E-state index contributed by atoms with van der Waals surface area (Å²) in [5, 5.41) is 4.36. The number of benzene rings is 8. The van der Waals surface area contributed by atoms with Crippen LogP contribution in [0.5, 0.6) is 0 Å². The summed E-state index contributed by atoms with van der Waals surface area (Å²) in [4.78, 5) is 14.7. The molecule has 0 aliphatic carbocycles. The van der Waals surface area contributed by atoms with Crippen molar-refractivity contribution in [3.8, 4) is 56.7 Å². The van der Waals surface area contributed by atoms with Gasteiger partial charge in [0.2, 0.25) is 0 Å². The second-order valence-electron chi connectivity index (χ2n) is 14.7. The molecule has 0 fully saturated rings. The molecule has 60 heavy (non-hydrogen) atoms. The van der Waals surface area contributed by atoms with Gasteiger partial charge in [0, 0.05) is 49.6 Å². The summed E-state index contributed by atoms with van der Waals surface area (Å²) in [6.45, 7) is 0. The predicted molar refractivity (Wildman–Crippen MR) is 235 cm³/mol. The maximum Gasteiger partial charge on any atom is 0.417 e. The van der Waals surface area contributed by atoms with Gasteiger partial charge in [0.25, 0.3) is 0 Å². The Kier molecular flexibility index (Phi) is 8.20. The van der Waals surface area contributed by atoms with Crippen LogP contribution in [0.15, 0.2) is 194 Å². The van der Waals surface area contributed by atoms with Gasteiger partial charge in [0.1, 0.15) is 0 Å². The SMILES string of the molecule is FC(F)(F)c1ccccc1-c1cc(-n2c3ccccc3c3ccc(-n4c5ccccc5c5ccccc54)cc32)ccc1-c1nc(-c2ccccc2)nc(-c2ccccc2)n1. The molecule has 0 radical (unpaired) electrons. The third kappa shape index (κ3) is 5.83. The van der Waals surface area contributed by atoms with E-state index in [4.69, 9.17) is 15.0 Å². The number of alkyl halides is 3. The van der Waals surface area contributed by atoms with Gasteiger partial charge in [-0.3, -0.25) is 0 Å². The van der Waals surface area contributed by atoms with E-state index in [1.165, 1.54) is 12.1 Å². The lowest BCUT2D eigenvalue weighted by molar-refractivity contribution is -0.137. The summed E-state index contributed by atoms with van der Waals surface area (Å²) in [6, 6.07) is 61.8. The fourth-order valence-electron chi connectivity index (χ4n) is 8.56. The first-order valence-electron chi connectivity index (χ1n) is 19.6. The number of aromatic nitrogens is 5. The molecule has 8 aromatic carbocycles. The van der Waals surface area contributed by atoms with Gasteiger partial charge in [-0.05, 0) is 65.7 Å². The molecule has 11 rings (SSSR count). The van der Waals surface area contributed by atoms with Crippen LogP contribution in [0.25, 0.3) is 100 Å². The van der Waals surface area contributed by atoms with E-state index in [1.807, 2.05) is 103 Å². The number of para-hydroxylation sites is 3. The number of fused-ring (bicyclic) bond motifs is 6. The van der Waals surface area contributed by atoms with Crippen molar-refractivity contribution in [2.75, 3.05) is 0 Å². The Balaban J connectivity index is 1.19. The van der Waals surface area contributed by atoms with E-state index in [9.17, 15) is 13.2 Å². The minimum Gasteiger partial charge on any atom is -0.309 e. The fraction of sp³-hybridized carbons (Fsp3) is 0.0192. The molecule has 3 heterocycles. The summed E-state index contributed by atoms with van der Waals surface area (Å²) >= 11 is 0. The number of nitrogens with zero attached hydrogens (tertiary/aromatic N) is 5. The molecule has 0 aliphatic heterocycles. The largest absolute Gasteiger partial charge is 0.417 e. The van der Waals surface area contributed by atoms with Crippen LogP contribution in [0.2, 0.25) is 0 Å². The Hall–Kier alpha value is -7.84. The molecule has 11 aromatic rings. The second kappa shape index (κ2) is 13.9. The van der Waals surface area contributed by atoms with E-state index in [-0.39, 0.29) is 11.4 Å². The number of hydrogen-bond acceptors (Lipinski definition) is 3. The van der Waals surface area contributed by atoms with E-state index >= 15 is 0 Å². The van der Waals surface area contributed by atoms with Gasteiger partial charge in [-0.15, -0.1) is 0 Å². The highest BCUT2D eigenvalue weighted by molar-refractivity contribution is 6.12. The van der Waals surface area contributed by atoms with Gasteiger partial charge in [-0.25, -0.2) is 15.0 Å². The van der Waals surface area contributed by atoms with Gasteiger partial charge in [-0.1, -0.05) is 140 Å². The van der Waals surface area contributed by atoms with Crippen LogP contribution in [0, 0.1) is 0 Å². The van der Waals surface area contributed by atoms with Crippen molar-refractivity contribution in [1.82, 2.24) is 24.1 Å². The van der Waals surface area contributed by atoms with Crippen LogP contribution < -0.4 is 0 Å². The number of halogens is 3. The maximum atomic E-state index is 15.0. The van der Waals surface area contributed by atoms with E-state index in [1.54, 1.807) is 6.07 Å². The van der Waals surface area contributed by atoms with Crippen molar-refractivity contribution < 1.29 is 13.2 Å². The van der Waals surface area contributed by atoms with E-state index in [0.717, 1.165) is 66.5 Å². The molecule has 0 bridgehead atoms. The van der Waals surface area contributed by atoms with Crippen LogP contribution in [0.4, 0.5) is 13.2 Å². The van der Waals surface area contributed by atoms with E-state index < -0.39 is 11.7 Å². The summed E-state index contributed by atoms with van der Waals surface area (Å²) in [6.07, 6.45) is -4.63. The lowest BCUT2D eigenvalue weighted by Crippen LogP contribution is -2.08. The Morgan fingerprint density at radius 2 is 0.767 bits per heavy atom. The van der Waals surface area contributed by atoms with Crippen molar-refractivity contribution in [3.05, 3.63) is 200 Å². The smallest absolute Gasteiger partial charge is 0.309 e. The first-order chi connectivity index (χ1) is 29.4. The average molecular weight is 784 g/mol. The Labute approximate surface area is 342 Å². The van der Waals surface area contributed by atoms with Crippen molar-refractivity contribution in [1.29, 1.82) is 0 Å². The first-order valence-corrected chi connectivity index (χ1v) is 19.6. The normalized spacial score (nSPS) is 11.9. The molecule has 0 saturated carbocycles. The zero-order chi connectivity index (χ0) is 40.4. The highest BCUT2D eigenvalue weighted by Gasteiger charge is 2.34. The monoisotopic (exact) mass is 783 g/mol. The molecule has 0 N–H and O–H groups in total. The van der Waals surface area contributed by atoms with Crippen LogP contribution in [-0.2, 0) is 6.18 Å². The molecule has 3 aromatic heterocycles. The van der Waals surface area contributed by atoms with Crippen LogP contribution in [0.1, 0.15) is 5.56 Å². The van der Waals surface area contributed by atoms with E-state index in [2.05, 4.69) is 75.9 Å². The summed E-state index contributed by atoms with van der Waals surface area (Å²) in [5.74, 6) is 1.09. The highest BCUT2D eigenvalue weighted by atomic mass is 19.4. The Morgan fingerprint density at radius 3 is 1.33 bits per heavy atom. The average Bonchev–Trinajstić information content (AvgIpc) is 3.81. The van der Waals surface area contributed by atoms with Gasteiger partial charge < -0.3 is 9.13 Å². The minimum absolute atomic E-state index is 0.0246. The summed E-state index contributed by atoms with van der Waals surface area (Å²) in [7, 11) is 0. The third-order valence-corrected chi connectivity index (χ3v) is 11.2. The fourth-order valence-corrected chi connectivity index (χ4v) is 8.56. The molecule has 0 saturated heterocycles. The predicted octanol–water partition coefficient (Wildman–Crippen LogP) is 13.8. The molecule has 8 heteroatoms. The van der Waals surface area contributed by atoms with Gasteiger partial charge in [0.15, 0.2) is 17.5 Å². The van der Waals surface area contributed by atoms with Gasteiger partial charge in [-0.2, -0.15) is 13.2 Å². The number of rotatable bonds is 6. The van der Waals surface area contributed by atoms with Gasteiger partial charge in [0.05, 0.1) is 27.6 Å². The van der Waals surface area contributed by atoms with Crippen molar-refractivity contribution >= 4 is 43.6 Å². The lowest BCUT2D eigenvalue weighted by Gasteiger charge is -2.18. The molecule has 5 nitrogen and oxygen atoms in total. The second-order valence-corrected chi connectivity index (χ2v) is 14.7. The van der Waals surface area contributed by atoms with Crippen molar-refractivity contribution in [2.24, 2.45) is 0 Å². The third-order valence-electron chi connectivity index (χ3n) is 11.2. The zero-order valence-corrected chi connectivity index (χ0v) is 31.8. The summed E-state index contributed by atoms with van der Waals surface area (Å²) < 4.78 is 49.4. The standard InChI is InChI=1S/C52H32F3N5/c53-52(54,55)44-23-11-7-19-37(44)43-31-35(28-30-42(43)51-57-49(33-15-3-1-4-16-33)56-50(58-51)34-17-5-2-6-18-34)60-47-26-14-10-22-40(47)41-29-27-36(32-48(41)60)59-45-24-12-8-20-38(45)39-21-9-13-25-46(39)59/h1-32H. The van der Waals surface area contributed by atoms with E-state index in [0.29, 0.717) is 28.5 Å². The molecule has 0 unspecified atom stereocenters. The van der Waals surface area contributed by atoms with Crippen molar-refractivity contribution in [2.45, 2.75) is 6.18 Å². The highest BCUT2D eigenvalue weighted by Crippen LogP contribution is 2.43. The summed E-state index contributed by atoms with van der Waals surface area (Å²) in [5.41, 5.74) is 7.24. The molecular formula is C52H32F3N5. The number of hydrogen-bond donors (Lipinski definition) is 0. The molecular weight excluding hydrogens is 752 g/mol. The Morgan fingerprint density at radius 1 is 0.333 bits per heavy atom. The molecule has 286 valence electrons.